The maximum atomic E-state index is 11.4. The summed E-state index contributed by atoms with van der Waals surface area (Å²) in [5.74, 6) is -0.323. The molecule has 2 nitrogen and oxygen atoms in total. The minimum Gasteiger partial charge on any atom is -0.463 e. The monoisotopic (exact) mass is 306 g/mol. The molecule has 0 aliphatic heterocycles. The highest BCUT2D eigenvalue weighted by Gasteiger charge is 2.04. The van der Waals surface area contributed by atoms with Gasteiger partial charge in [0.05, 0.1) is 6.61 Å². The Morgan fingerprint density at radius 2 is 1.39 bits per heavy atom. The van der Waals surface area contributed by atoms with Gasteiger partial charge in [-0.05, 0) is 37.5 Å². The fourth-order valence-electron chi connectivity index (χ4n) is 2.24. The molecule has 0 aliphatic rings. The molecule has 0 amide bonds. The van der Waals surface area contributed by atoms with Crippen LogP contribution < -0.4 is 0 Å². The summed E-state index contributed by atoms with van der Waals surface area (Å²) in [7, 11) is 0. The molecule has 0 bridgehead atoms. The van der Waals surface area contributed by atoms with Crippen molar-refractivity contribution in [3.63, 3.8) is 0 Å². The Labute approximate surface area is 138 Å². The minimum atomic E-state index is -0.323. The molecule has 0 saturated carbocycles. The second kappa shape index (κ2) is 8.14. The highest BCUT2D eigenvalue weighted by Crippen LogP contribution is 2.24. The largest absolute Gasteiger partial charge is 0.463 e. The number of carbonyl (C=O) groups excluding carboxylic acids is 1. The molecule has 0 atom stereocenters. The second-order valence-electron chi connectivity index (χ2n) is 5.42. The Kier molecular flexibility index (Phi) is 5.93. The van der Waals surface area contributed by atoms with E-state index in [4.69, 9.17) is 4.74 Å². The Morgan fingerprint density at radius 3 is 1.83 bits per heavy atom. The van der Waals surface area contributed by atoms with E-state index in [1.54, 1.807) is 13.0 Å². The number of rotatable bonds is 5. The highest BCUT2D eigenvalue weighted by molar-refractivity contribution is 5.85. The first-order chi connectivity index (χ1) is 11.1. The normalized spacial score (nSPS) is 10.6. The van der Waals surface area contributed by atoms with Gasteiger partial charge in [-0.3, -0.25) is 0 Å². The van der Waals surface area contributed by atoms with Gasteiger partial charge in [0, 0.05) is 6.08 Å². The first-order valence-electron chi connectivity index (χ1n) is 7.79. The lowest BCUT2D eigenvalue weighted by molar-refractivity contribution is -0.137. The van der Waals surface area contributed by atoms with E-state index in [1.807, 2.05) is 6.08 Å². The summed E-state index contributed by atoms with van der Waals surface area (Å²) in [5.41, 5.74) is 5.75. The summed E-state index contributed by atoms with van der Waals surface area (Å²) in [6.07, 6.45) is 5.14. The van der Waals surface area contributed by atoms with Crippen molar-refractivity contribution < 1.29 is 9.53 Å². The average Bonchev–Trinajstić information content (AvgIpc) is 2.54. The molecule has 118 valence electrons. The van der Waals surface area contributed by atoms with Crippen LogP contribution in [0.15, 0.2) is 66.8 Å². The quantitative estimate of drug-likeness (QED) is 0.448. The number of esters is 1. The first kappa shape index (κ1) is 16.8. The van der Waals surface area contributed by atoms with Crippen LogP contribution in [0.3, 0.4) is 0 Å². The van der Waals surface area contributed by atoms with Gasteiger partial charge in [-0.1, -0.05) is 71.8 Å². The zero-order chi connectivity index (χ0) is 16.7. The molecule has 0 fully saturated rings. The topological polar surface area (TPSA) is 26.3 Å². The van der Waals surface area contributed by atoms with Gasteiger partial charge >= 0.3 is 5.97 Å². The molecule has 2 heteroatoms. The lowest BCUT2D eigenvalue weighted by Crippen LogP contribution is -1.98. The summed E-state index contributed by atoms with van der Waals surface area (Å²) in [4.78, 5) is 11.4. The Morgan fingerprint density at radius 1 is 0.913 bits per heavy atom. The van der Waals surface area contributed by atoms with Crippen LogP contribution in [0.2, 0.25) is 0 Å². The third-order valence-corrected chi connectivity index (χ3v) is 3.51. The van der Waals surface area contributed by atoms with E-state index in [0.717, 1.165) is 16.7 Å². The van der Waals surface area contributed by atoms with Crippen LogP contribution in [0.25, 0.3) is 5.57 Å². The Balaban J connectivity index is 2.36. The smallest absolute Gasteiger partial charge is 0.330 e. The van der Waals surface area contributed by atoms with Gasteiger partial charge in [0.2, 0.25) is 0 Å². The maximum absolute atomic E-state index is 11.4. The van der Waals surface area contributed by atoms with E-state index in [-0.39, 0.29) is 5.97 Å². The fraction of sp³-hybridized carbons (Fsp3) is 0.190. The number of hydrogen-bond donors (Lipinski definition) is 0. The van der Waals surface area contributed by atoms with E-state index in [2.05, 4.69) is 62.4 Å². The first-order valence-corrected chi connectivity index (χ1v) is 7.79. The van der Waals surface area contributed by atoms with Gasteiger partial charge in [-0.25, -0.2) is 4.79 Å². The summed E-state index contributed by atoms with van der Waals surface area (Å²) >= 11 is 0. The van der Waals surface area contributed by atoms with Crippen LogP contribution >= 0.6 is 0 Å². The molecular formula is C21H22O2. The predicted octanol–water partition coefficient (Wildman–Crippen LogP) is 4.85. The zero-order valence-corrected chi connectivity index (χ0v) is 13.9. The number of carbonyl (C=O) groups is 1. The molecule has 0 saturated heterocycles. The molecule has 2 rings (SSSR count). The summed E-state index contributed by atoms with van der Waals surface area (Å²) in [6, 6.07) is 16.7. The van der Waals surface area contributed by atoms with Crippen LogP contribution in [-0.2, 0) is 9.53 Å². The van der Waals surface area contributed by atoms with Gasteiger partial charge in [-0.15, -0.1) is 0 Å². The molecular weight excluding hydrogens is 284 g/mol. The van der Waals surface area contributed by atoms with Gasteiger partial charge in [0.1, 0.15) is 0 Å². The number of benzene rings is 2. The van der Waals surface area contributed by atoms with Gasteiger partial charge < -0.3 is 4.74 Å². The van der Waals surface area contributed by atoms with Gasteiger partial charge in [-0.2, -0.15) is 0 Å². The van der Waals surface area contributed by atoms with E-state index < -0.39 is 0 Å². The second-order valence-corrected chi connectivity index (χ2v) is 5.42. The van der Waals surface area contributed by atoms with Crippen LogP contribution in [0, 0.1) is 13.8 Å². The molecule has 0 radical (unpaired) electrons. The molecule has 0 aromatic heterocycles. The number of ether oxygens (including phenoxy) is 1. The molecule has 2 aromatic carbocycles. The van der Waals surface area contributed by atoms with Gasteiger partial charge in [0.15, 0.2) is 0 Å². The Bertz CT molecular complexity index is 657. The molecule has 0 unspecified atom stereocenters. The standard InChI is InChI=1S/C21H22O2/c1-4-23-21(22)7-5-6-20(18-12-8-16(2)9-13-18)19-14-10-17(3)11-15-19/h5-15H,4H2,1-3H3. The van der Waals surface area contributed by atoms with Crippen molar-refractivity contribution in [3.05, 3.63) is 89.0 Å². The molecule has 2 aromatic rings. The lowest BCUT2D eigenvalue weighted by Gasteiger charge is -2.09. The number of aryl methyl sites for hydroxylation is 2. The lowest BCUT2D eigenvalue weighted by atomic mass is 9.96. The summed E-state index contributed by atoms with van der Waals surface area (Å²) < 4.78 is 4.91. The van der Waals surface area contributed by atoms with Crippen molar-refractivity contribution in [1.82, 2.24) is 0 Å². The van der Waals surface area contributed by atoms with Crippen molar-refractivity contribution in [3.8, 4) is 0 Å². The molecule has 23 heavy (non-hydrogen) atoms. The molecule has 0 spiro atoms. The van der Waals surface area contributed by atoms with E-state index >= 15 is 0 Å². The minimum absolute atomic E-state index is 0.323. The van der Waals surface area contributed by atoms with E-state index in [0.29, 0.717) is 6.61 Å². The third kappa shape index (κ3) is 4.96. The molecule has 0 N–H and O–H groups in total. The third-order valence-electron chi connectivity index (χ3n) is 3.51. The summed E-state index contributed by atoms with van der Waals surface area (Å²) in [6.45, 7) is 6.32. The van der Waals surface area contributed by atoms with Crippen LogP contribution in [0.5, 0.6) is 0 Å². The molecule has 0 aliphatic carbocycles. The zero-order valence-electron chi connectivity index (χ0n) is 13.9. The van der Waals surface area contributed by atoms with Crippen molar-refractivity contribution in [2.24, 2.45) is 0 Å². The van der Waals surface area contributed by atoms with E-state index in [1.165, 1.54) is 17.2 Å². The highest BCUT2D eigenvalue weighted by atomic mass is 16.5. The van der Waals surface area contributed by atoms with Crippen LogP contribution in [-0.4, -0.2) is 12.6 Å². The SMILES string of the molecule is CCOC(=O)C=CC=C(c1ccc(C)cc1)c1ccc(C)cc1. The molecule has 0 heterocycles. The van der Waals surface area contributed by atoms with Crippen molar-refractivity contribution >= 4 is 11.5 Å². The van der Waals surface area contributed by atoms with Crippen LogP contribution in [0.4, 0.5) is 0 Å². The van der Waals surface area contributed by atoms with Crippen LogP contribution in [0.1, 0.15) is 29.2 Å². The fourth-order valence-corrected chi connectivity index (χ4v) is 2.24. The van der Waals surface area contributed by atoms with Crippen molar-refractivity contribution in [2.75, 3.05) is 6.61 Å². The number of hydrogen-bond acceptors (Lipinski definition) is 2. The maximum Gasteiger partial charge on any atom is 0.330 e. The number of allylic oxidation sites excluding steroid dienone is 2. The van der Waals surface area contributed by atoms with Crippen molar-refractivity contribution in [1.29, 1.82) is 0 Å². The summed E-state index contributed by atoms with van der Waals surface area (Å²) in [5, 5.41) is 0. The Hall–Kier alpha value is -2.61. The van der Waals surface area contributed by atoms with Gasteiger partial charge in [0.25, 0.3) is 0 Å². The van der Waals surface area contributed by atoms with Crippen molar-refractivity contribution in [2.45, 2.75) is 20.8 Å². The average molecular weight is 306 g/mol. The predicted molar refractivity (Wildman–Crippen MR) is 95.2 cm³/mol. The van der Waals surface area contributed by atoms with E-state index in [9.17, 15) is 4.79 Å².